The van der Waals surface area contributed by atoms with Crippen LogP contribution in [0.5, 0.6) is 0 Å². The lowest BCUT2D eigenvalue weighted by molar-refractivity contribution is -0.0233. The molecule has 0 bridgehead atoms. The van der Waals surface area contributed by atoms with Crippen LogP contribution >= 0.6 is 0 Å². The van der Waals surface area contributed by atoms with E-state index in [2.05, 4.69) is 9.47 Å². The number of hydrogen-bond acceptors (Lipinski definition) is 6. The molecule has 0 radical (unpaired) electrons. The Morgan fingerprint density at radius 2 is 1.72 bits per heavy atom. The average Bonchev–Trinajstić information content (AvgIpc) is 2.53. The van der Waals surface area contributed by atoms with Crippen molar-refractivity contribution in [1.29, 1.82) is 0 Å². The highest BCUT2D eigenvalue weighted by molar-refractivity contribution is 5.60. The quantitative estimate of drug-likeness (QED) is 0.675. The molecule has 2 fully saturated rings. The van der Waals surface area contributed by atoms with Crippen molar-refractivity contribution in [1.82, 2.24) is 0 Å². The first-order chi connectivity index (χ1) is 8.61. The zero-order chi connectivity index (χ0) is 13.4. The average molecular weight is 260 g/mol. The number of carbonyl (C=O) groups excluding carboxylic acids is 2. The number of rotatable bonds is 1. The van der Waals surface area contributed by atoms with Gasteiger partial charge in [0.1, 0.15) is 12.2 Å². The topological polar surface area (TPSA) is 71.1 Å². The van der Waals surface area contributed by atoms with Crippen molar-refractivity contribution in [3.05, 3.63) is 0 Å². The van der Waals surface area contributed by atoms with Crippen LogP contribution in [0, 0.1) is 0 Å². The van der Waals surface area contributed by atoms with E-state index >= 15 is 0 Å². The zero-order valence-corrected chi connectivity index (χ0v) is 10.8. The first kappa shape index (κ1) is 14.6. The third kappa shape index (κ3) is 5.75. The predicted octanol–water partition coefficient (Wildman–Crippen LogP) is 2.64. The van der Waals surface area contributed by atoms with E-state index in [0.29, 0.717) is 13.2 Å². The molecule has 6 nitrogen and oxygen atoms in total. The molecule has 6 heteroatoms. The maximum atomic E-state index is 10.4. The van der Waals surface area contributed by atoms with Crippen molar-refractivity contribution < 1.29 is 28.5 Å². The summed E-state index contributed by atoms with van der Waals surface area (Å²) >= 11 is 0. The third-order valence-corrected chi connectivity index (χ3v) is 2.65. The fourth-order valence-electron chi connectivity index (χ4n) is 1.57. The van der Waals surface area contributed by atoms with Crippen molar-refractivity contribution in [3.63, 3.8) is 0 Å². The van der Waals surface area contributed by atoms with E-state index < -0.39 is 12.3 Å². The molecular weight excluding hydrogens is 240 g/mol. The van der Waals surface area contributed by atoms with E-state index in [1.807, 2.05) is 13.8 Å². The molecule has 104 valence electrons. The summed E-state index contributed by atoms with van der Waals surface area (Å²) < 4.78 is 18.7. The Bertz CT molecular complexity index is 278. The van der Waals surface area contributed by atoms with Crippen LogP contribution < -0.4 is 0 Å². The van der Waals surface area contributed by atoms with Gasteiger partial charge in [0.05, 0.1) is 13.2 Å². The number of carbonyl (C=O) groups is 2. The van der Waals surface area contributed by atoms with Gasteiger partial charge in [0, 0.05) is 6.42 Å². The molecule has 2 rings (SSSR count). The summed E-state index contributed by atoms with van der Waals surface area (Å²) in [6.07, 6.45) is 2.61. The maximum absolute atomic E-state index is 10.4. The standard InChI is InChI=1S/2C6H10O3/c1-5-3-2-4-8-6(7)9-5;1-2-5-3-4-8-6(7)9-5/h2*5H,2-4H2,1H3. The fraction of sp³-hybridized carbons (Fsp3) is 0.833. The van der Waals surface area contributed by atoms with Crippen LogP contribution in [0.3, 0.4) is 0 Å². The van der Waals surface area contributed by atoms with Crippen LogP contribution in [0.15, 0.2) is 0 Å². The number of cyclic esters (lactones) is 4. The van der Waals surface area contributed by atoms with Crippen molar-refractivity contribution in [3.8, 4) is 0 Å². The summed E-state index contributed by atoms with van der Waals surface area (Å²) in [6.45, 7) is 4.87. The maximum Gasteiger partial charge on any atom is 0.508 e. The Balaban J connectivity index is 0.000000180. The molecule has 2 aliphatic rings. The molecule has 18 heavy (non-hydrogen) atoms. The second-order valence-electron chi connectivity index (χ2n) is 4.20. The van der Waals surface area contributed by atoms with Gasteiger partial charge in [-0.05, 0) is 26.2 Å². The van der Waals surface area contributed by atoms with Gasteiger partial charge in [-0.1, -0.05) is 6.92 Å². The molecule has 2 saturated heterocycles. The zero-order valence-electron chi connectivity index (χ0n) is 10.8. The minimum absolute atomic E-state index is 0.0278. The molecule has 0 aromatic rings. The molecule has 0 N–H and O–H groups in total. The van der Waals surface area contributed by atoms with Gasteiger partial charge >= 0.3 is 12.3 Å². The highest BCUT2D eigenvalue weighted by Crippen LogP contribution is 2.10. The van der Waals surface area contributed by atoms with Gasteiger partial charge in [-0.25, -0.2) is 9.59 Å². The van der Waals surface area contributed by atoms with Crippen LogP contribution in [-0.4, -0.2) is 37.7 Å². The van der Waals surface area contributed by atoms with Crippen molar-refractivity contribution in [2.45, 2.75) is 51.7 Å². The van der Waals surface area contributed by atoms with Gasteiger partial charge in [0.15, 0.2) is 0 Å². The van der Waals surface area contributed by atoms with Gasteiger partial charge in [0.25, 0.3) is 0 Å². The van der Waals surface area contributed by atoms with Crippen LogP contribution in [0.25, 0.3) is 0 Å². The fourth-order valence-corrected chi connectivity index (χ4v) is 1.57. The first-order valence-corrected chi connectivity index (χ1v) is 6.28. The van der Waals surface area contributed by atoms with Gasteiger partial charge in [-0.2, -0.15) is 0 Å². The minimum Gasteiger partial charge on any atom is -0.434 e. The third-order valence-electron chi connectivity index (χ3n) is 2.65. The van der Waals surface area contributed by atoms with E-state index in [9.17, 15) is 9.59 Å². The summed E-state index contributed by atoms with van der Waals surface area (Å²) in [5, 5.41) is 0. The first-order valence-electron chi connectivity index (χ1n) is 6.28. The molecule has 0 aliphatic carbocycles. The normalized spacial score (nSPS) is 27.4. The predicted molar refractivity (Wildman–Crippen MR) is 62.3 cm³/mol. The summed E-state index contributed by atoms with van der Waals surface area (Å²) in [5.74, 6) is 0. The van der Waals surface area contributed by atoms with Crippen molar-refractivity contribution >= 4 is 12.3 Å². The van der Waals surface area contributed by atoms with E-state index in [1.165, 1.54) is 0 Å². The van der Waals surface area contributed by atoms with Gasteiger partial charge in [0.2, 0.25) is 0 Å². The van der Waals surface area contributed by atoms with Crippen LogP contribution in [0.2, 0.25) is 0 Å². The van der Waals surface area contributed by atoms with E-state index in [0.717, 1.165) is 25.7 Å². The molecule has 2 atom stereocenters. The van der Waals surface area contributed by atoms with Gasteiger partial charge in [-0.3, -0.25) is 0 Å². The van der Waals surface area contributed by atoms with Gasteiger partial charge < -0.3 is 18.9 Å². The highest BCUT2D eigenvalue weighted by Gasteiger charge is 2.19. The molecule has 2 heterocycles. The molecular formula is C12H20O6. The smallest absolute Gasteiger partial charge is 0.434 e. The Kier molecular flexibility index (Phi) is 6.32. The molecule has 2 aliphatic heterocycles. The highest BCUT2D eigenvalue weighted by atomic mass is 16.7. The molecule has 0 spiro atoms. The van der Waals surface area contributed by atoms with Crippen LogP contribution in [0.1, 0.15) is 39.5 Å². The lowest BCUT2D eigenvalue weighted by atomic mass is 10.2. The lowest BCUT2D eigenvalue weighted by Crippen LogP contribution is -2.26. The summed E-state index contributed by atoms with van der Waals surface area (Å²) in [5.41, 5.74) is 0. The Morgan fingerprint density at radius 1 is 1.06 bits per heavy atom. The second kappa shape index (κ2) is 7.79. The largest absolute Gasteiger partial charge is 0.508 e. The summed E-state index contributed by atoms with van der Waals surface area (Å²) in [4.78, 5) is 20.8. The number of hydrogen-bond donors (Lipinski definition) is 0. The lowest BCUT2D eigenvalue weighted by Gasteiger charge is -2.20. The SMILES string of the molecule is CC1CCCOC(=O)O1.CCC1CCOC(=O)O1. The summed E-state index contributed by atoms with van der Waals surface area (Å²) in [7, 11) is 0. The Hall–Kier alpha value is -1.46. The van der Waals surface area contributed by atoms with Crippen LogP contribution in [-0.2, 0) is 18.9 Å². The Labute approximate surface area is 107 Å². The second-order valence-corrected chi connectivity index (χ2v) is 4.20. The molecule has 0 aromatic heterocycles. The van der Waals surface area contributed by atoms with Crippen LogP contribution in [0.4, 0.5) is 9.59 Å². The van der Waals surface area contributed by atoms with E-state index in [1.54, 1.807) is 0 Å². The minimum atomic E-state index is -0.528. The molecule has 0 aromatic carbocycles. The monoisotopic (exact) mass is 260 g/mol. The van der Waals surface area contributed by atoms with Crippen molar-refractivity contribution in [2.24, 2.45) is 0 Å². The van der Waals surface area contributed by atoms with E-state index in [-0.39, 0.29) is 12.2 Å². The van der Waals surface area contributed by atoms with Gasteiger partial charge in [-0.15, -0.1) is 0 Å². The Morgan fingerprint density at radius 3 is 2.33 bits per heavy atom. The van der Waals surface area contributed by atoms with E-state index in [4.69, 9.17) is 9.47 Å². The molecule has 2 unspecified atom stereocenters. The molecule has 0 amide bonds. The summed E-state index contributed by atoms with van der Waals surface area (Å²) in [6, 6.07) is 0. The number of ether oxygens (including phenoxy) is 4. The molecule has 0 saturated carbocycles. The van der Waals surface area contributed by atoms with Crippen molar-refractivity contribution in [2.75, 3.05) is 13.2 Å².